The Morgan fingerprint density at radius 1 is 1.28 bits per heavy atom. The summed E-state index contributed by atoms with van der Waals surface area (Å²) in [5.74, 6) is 1.13. The zero-order valence-electron chi connectivity index (χ0n) is 13.7. The zero-order chi connectivity index (χ0) is 17.1. The molecule has 0 N–H and O–H groups in total. The van der Waals surface area contributed by atoms with Crippen LogP contribution in [0.2, 0.25) is 0 Å². The molecule has 1 saturated heterocycles. The van der Waals surface area contributed by atoms with Crippen LogP contribution >= 0.6 is 0 Å². The van der Waals surface area contributed by atoms with Gasteiger partial charge in [0.05, 0.1) is 6.54 Å². The first-order chi connectivity index (χ1) is 12.3. The van der Waals surface area contributed by atoms with Crippen LogP contribution in [0, 0.1) is 0 Å². The smallest absolute Gasteiger partial charge is 0.249 e. The Hall–Kier alpha value is -3.03. The maximum absolute atomic E-state index is 12.6. The predicted octanol–water partition coefficient (Wildman–Crippen LogP) is 2.08. The lowest BCUT2D eigenvalue weighted by atomic mass is 10.2. The monoisotopic (exact) mass is 338 g/mol. The number of hydrogen-bond acceptors (Lipinski definition) is 6. The number of aromatic nitrogens is 5. The third-order valence-corrected chi connectivity index (χ3v) is 4.35. The number of carbonyl (C=O) groups excluding carboxylic acids is 1. The molecule has 25 heavy (non-hydrogen) atoms. The molecule has 0 radical (unpaired) electrons. The lowest BCUT2D eigenvalue weighted by Crippen LogP contribution is -2.31. The second kappa shape index (κ2) is 6.84. The SMILES string of the molecule is O=C(CCn1cncn1)N1CCC[C@H]1c1nc(-c2ccccc2)no1. The number of carbonyl (C=O) groups is 1. The molecule has 3 heterocycles. The summed E-state index contributed by atoms with van der Waals surface area (Å²) in [6, 6.07) is 9.53. The van der Waals surface area contributed by atoms with Crippen molar-refractivity contribution >= 4 is 5.91 Å². The standard InChI is InChI=1S/C17H18N6O2/c24-15(8-10-22-12-18-11-19-22)23-9-4-7-14(23)17-20-16(21-25-17)13-5-2-1-3-6-13/h1-3,5-6,11-12,14H,4,7-10H2/t14-/m0/s1. The van der Waals surface area contributed by atoms with Crippen molar-refractivity contribution in [2.75, 3.05) is 6.54 Å². The van der Waals surface area contributed by atoms with E-state index in [1.165, 1.54) is 6.33 Å². The molecule has 3 aromatic rings. The van der Waals surface area contributed by atoms with Crippen LogP contribution in [-0.2, 0) is 11.3 Å². The highest BCUT2D eigenvalue weighted by Crippen LogP contribution is 2.32. The van der Waals surface area contributed by atoms with Gasteiger partial charge in [0, 0.05) is 18.5 Å². The maximum atomic E-state index is 12.6. The Balaban J connectivity index is 1.46. The first-order valence-electron chi connectivity index (χ1n) is 8.32. The van der Waals surface area contributed by atoms with E-state index < -0.39 is 0 Å². The van der Waals surface area contributed by atoms with E-state index in [2.05, 4.69) is 20.2 Å². The molecule has 4 rings (SSSR count). The van der Waals surface area contributed by atoms with E-state index >= 15 is 0 Å². The molecular formula is C17H18N6O2. The zero-order valence-corrected chi connectivity index (χ0v) is 13.7. The largest absolute Gasteiger partial charge is 0.337 e. The molecule has 1 fully saturated rings. The van der Waals surface area contributed by atoms with Crippen molar-refractivity contribution in [1.82, 2.24) is 29.8 Å². The molecule has 8 heteroatoms. The van der Waals surface area contributed by atoms with Gasteiger partial charge in [-0.25, -0.2) is 4.98 Å². The van der Waals surface area contributed by atoms with Crippen molar-refractivity contribution in [3.63, 3.8) is 0 Å². The Bertz CT molecular complexity index is 830. The van der Waals surface area contributed by atoms with E-state index in [-0.39, 0.29) is 11.9 Å². The van der Waals surface area contributed by atoms with Gasteiger partial charge < -0.3 is 9.42 Å². The lowest BCUT2D eigenvalue weighted by molar-refractivity contribution is -0.132. The predicted molar refractivity (Wildman–Crippen MR) is 88.1 cm³/mol. The third kappa shape index (κ3) is 3.28. The summed E-state index contributed by atoms with van der Waals surface area (Å²) in [6.45, 7) is 1.23. The number of aryl methyl sites for hydroxylation is 1. The Morgan fingerprint density at radius 3 is 2.96 bits per heavy atom. The van der Waals surface area contributed by atoms with Gasteiger partial charge in [-0.1, -0.05) is 35.5 Å². The van der Waals surface area contributed by atoms with E-state index in [0.717, 1.165) is 18.4 Å². The van der Waals surface area contributed by atoms with Gasteiger partial charge in [-0.05, 0) is 12.8 Å². The van der Waals surface area contributed by atoms with E-state index in [1.807, 2.05) is 35.2 Å². The molecule has 1 amide bonds. The Morgan fingerprint density at radius 2 is 2.16 bits per heavy atom. The average molecular weight is 338 g/mol. The summed E-state index contributed by atoms with van der Waals surface area (Å²) in [4.78, 5) is 22.8. The molecule has 1 aliphatic rings. The molecule has 0 unspecified atom stereocenters. The fourth-order valence-electron chi connectivity index (χ4n) is 3.10. The van der Waals surface area contributed by atoms with Crippen molar-refractivity contribution < 1.29 is 9.32 Å². The van der Waals surface area contributed by atoms with Gasteiger partial charge in [0.15, 0.2) is 0 Å². The number of benzene rings is 1. The van der Waals surface area contributed by atoms with Gasteiger partial charge in [-0.15, -0.1) is 0 Å². The molecule has 128 valence electrons. The molecule has 0 spiro atoms. The molecule has 1 aliphatic heterocycles. The van der Waals surface area contributed by atoms with Crippen LogP contribution in [0.4, 0.5) is 0 Å². The van der Waals surface area contributed by atoms with Crippen LogP contribution < -0.4 is 0 Å². The van der Waals surface area contributed by atoms with Crippen LogP contribution in [-0.4, -0.2) is 42.3 Å². The van der Waals surface area contributed by atoms with Crippen molar-refractivity contribution in [1.29, 1.82) is 0 Å². The topological polar surface area (TPSA) is 89.9 Å². The second-order valence-corrected chi connectivity index (χ2v) is 5.98. The lowest BCUT2D eigenvalue weighted by Gasteiger charge is -2.21. The molecule has 1 aromatic carbocycles. The minimum absolute atomic E-state index is 0.0671. The molecule has 8 nitrogen and oxygen atoms in total. The highest BCUT2D eigenvalue weighted by atomic mass is 16.5. The molecular weight excluding hydrogens is 320 g/mol. The van der Waals surface area contributed by atoms with Crippen molar-refractivity contribution in [2.45, 2.75) is 31.8 Å². The van der Waals surface area contributed by atoms with Crippen LogP contribution in [0.25, 0.3) is 11.4 Å². The minimum atomic E-state index is -0.145. The second-order valence-electron chi connectivity index (χ2n) is 5.98. The first kappa shape index (κ1) is 15.5. The van der Waals surface area contributed by atoms with Gasteiger partial charge in [-0.2, -0.15) is 10.1 Å². The summed E-state index contributed by atoms with van der Waals surface area (Å²) in [5.41, 5.74) is 0.902. The van der Waals surface area contributed by atoms with E-state index in [1.54, 1.807) is 11.0 Å². The average Bonchev–Trinajstić information content (AvgIpc) is 3.41. The number of amides is 1. The fourth-order valence-corrected chi connectivity index (χ4v) is 3.10. The van der Waals surface area contributed by atoms with Crippen molar-refractivity contribution in [3.8, 4) is 11.4 Å². The first-order valence-corrected chi connectivity index (χ1v) is 8.32. The van der Waals surface area contributed by atoms with Gasteiger partial charge in [-0.3, -0.25) is 9.48 Å². The normalized spacial score (nSPS) is 17.1. The number of nitrogens with zero attached hydrogens (tertiary/aromatic N) is 6. The highest BCUT2D eigenvalue weighted by molar-refractivity contribution is 5.76. The number of rotatable bonds is 5. The van der Waals surface area contributed by atoms with Gasteiger partial charge in [0.25, 0.3) is 0 Å². The molecule has 0 saturated carbocycles. The fraction of sp³-hybridized carbons (Fsp3) is 0.353. The minimum Gasteiger partial charge on any atom is -0.337 e. The third-order valence-electron chi connectivity index (χ3n) is 4.35. The van der Waals surface area contributed by atoms with Gasteiger partial charge >= 0.3 is 0 Å². The molecule has 0 bridgehead atoms. The van der Waals surface area contributed by atoms with Gasteiger partial charge in [0.1, 0.15) is 18.7 Å². The van der Waals surface area contributed by atoms with Crippen LogP contribution in [0.15, 0.2) is 47.5 Å². The van der Waals surface area contributed by atoms with E-state index in [4.69, 9.17) is 4.52 Å². The summed E-state index contributed by atoms with van der Waals surface area (Å²) in [6.07, 6.45) is 5.22. The summed E-state index contributed by atoms with van der Waals surface area (Å²) < 4.78 is 7.11. The van der Waals surface area contributed by atoms with E-state index in [9.17, 15) is 4.79 Å². The molecule has 2 aromatic heterocycles. The highest BCUT2D eigenvalue weighted by Gasteiger charge is 2.33. The van der Waals surface area contributed by atoms with Crippen LogP contribution in [0.5, 0.6) is 0 Å². The van der Waals surface area contributed by atoms with E-state index in [0.29, 0.717) is 31.2 Å². The quantitative estimate of drug-likeness (QED) is 0.707. The number of likely N-dealkylation sites (tertiary alicyclic amines) is 1. The Labute approximate surface area is 144 Å². The molecule has 1 atom stereocenters. The summed E-state index contributed by atoms with van der Waals surface area (Å²) >= 11 is 0. The van der Waals surface area contributed by atoms with Crippen molar-refractivity contribution in [3.05, 3.63) is 48.9 Å². The van der Waals surface area contributed by atoms with Crippen LogP contribution in [0.1, 0.15) is 31.2 Å². The maximum Gasteiger partial charge on any atom is 0.249 e. The van der Waals surface area contributed by atoms with Crippen molar-refractivity contribution in [2.24, 2.45) is 0 Å². The summed E-state index contributed by atoms with van der Waals surface area (Å²) in [5, 5.41) is 8.09. The van der Waals surface area contributed by atoms with Crippen LogP contribution in [0.3, 0.4) is 0 Å². The number of hydrogen-bond donors (Lipinski definition) is 0. The Kier molecular flexibility index (Phi) is 4.24. The van der Waals surface area contributed by atoms with Gasteiger partial charge in [0.2, 0.25) is 17.6 Å². The summed E-state index contributed by atoms with van der Waals surface area (Å²) in [7, 11) is 0. The molecule has 0 aliphatic carbocycles.